The van der Waals surface area contributed by atoms with Crippen molar-refractivity contribution in [2.24, 2.45) is 0 Å². The Bertz CT molecular complexity index is 881. The van der Waals surface area contributed by atoms with Gasteiger partial charge in [0.2, 0.25) is 0 Å². The van der Waals surface area contributed by atoms with E-state index >= 15 is 0 Å². The minimum Gasteiger partial charge on any atom is -0.376 e. The van der Waals surface area contributed by atoms with Crippen molar-refractivity contribution in [1.29, 1.82) is 0 Å². The van der Waals surface area contributed by atoms with Gasteiger partial charge in [-0.15, -0.1) is 0 Å². The van der Waals surface area contributed by atoms with Gasteiger partial charge < -0.3 is 14.8 Å². The SMILES string of the molecule is O=C(Nc1ccn(Cc2cccc3cccnc23)n1)[C@H]1COCCO1. The average molecular weight is 338 g/mol. The molecule has 0 radical (unpaired) electrons. The van der Waals surface area contributed by atoms with E-state index in [0.717, 1.165) is 16.5 Å². The molecule has 0 saturated carbocycles. The molecule has 3 heterocycles. The zero-order valence-electron chi connectivity index (χ0n) is 13.6. The van der Waals surface area contributed by atoms with Crippen LogP contribution in [0.3, 0.4) is 0 Å². The first-order chi connectivity index (χ1) is 12.3. The van der Waals surface area contributed by atoms with Crippen LogP contribution in [0.2, 0.25) is 0 Å². The number of benzene rings is 1. The molecular formula is C18H18N4O3. The van der Waals surface area contributed by atoms with Crippen molar-refractivity contribution in [3.63, 3.8) is 0 Å². The number of amides is 1. The lowest BCUT2D eigenvalue weighted by atomic mass is 10.1. The van der Waals surface area contributed by atoms with Crippen molar-refractivity contribution < 1.29 is 14.3 Å². The number of nitrogens with zero attached hydrogens (tertiary/aromatic N) is 3. The maximum Gasteiger partial charge on any atom is 0.257 e. The fourth-order valence-corrected chi connectivity index (χ4v) is 2.83. The van der Waals surface area contributed by atoms with Gasteiger partial charge in [-0.2, -0.15) is 5.10 Å². The summed E-state index contributed by atoms with van der Waals surface area (Å²) in [6, 6.07) is 11.8. The Kier molecular flexibility index (Phi) is 4.41. The Morgan fingerprint density at radius 1 is 1.24 bits per heavy atom. The van der Waals surface area contributed by atoms with E-state index in [1.807, 2.05) is 36.5 Å². The molecule has 1 N–H and O–H groups in total. The van der Waals surface area contributed by atoms with E-state index < -0.39 is 6.10 Å². The number of ether oxygens (including phenoxy) is 2. The molecule has 0 unspecified atom stereocenters. The van der Waals surface area contributed by atoms with Crippen molar-refractivity contribution in [2.45, 2.75) is 12.6 Å². The third-order valence-electron chi connectivity index (χ3n) is 4.05. The summed E-state index contributed by atoms with van der Waals surface area (Å²) in [6.07, 6.45) is 3.03. The summed E-state index contributed by atoms with van der Waals surface area (Å²) in [7, 11) is 0. The van der Waals surface area contributed by atoms with Crippen LogP contribution in [0.4, 0.5) is 5.82 Å². The average Bonchev–Trinajstić information content (AvgIpc) is 3.09. The second kappa shape index (κ2) is 7.00. The lowest BCUT2D eigenvalue weighted by Gasteiger charge is -2.21. The number of para-hydroxylation sites is 1. The predicted octanol–water partition coefficient (Wildman–Crippen LogP) is 1.83. The number of carbonyl (C=O) groups excluding carboxylic acids is 1. The molecule has 7 heteroatoms. The van der Waals surface area contributed by atoms with Crippen molar-refractivity contribution in [3.8, 4) is 0 Å². The maximum atomic E-state index is 12.1. The molecule has 1 atom stereocenters. The minimum absolute atomic E-state index is 0.239. The summed E-state index contributed by atoms with van der Waals surface area (Å²) >= 11 is 0. The molecule has 1 aromatic carbocycles. The van der Waals surface area contributed by atoms with E-state index in [1.54, 1.807) is 16.9 Å². The fraction of sp³-hybridized carbons (Fsp3) is 0.278. The lowest BCUT2D eigenvalue weighted by molar-refractivity contribution is -0.142. The van der Waals surface area contributed by atoms with Crippen LogP contribution in [0, 0.1) is 0 Å². The van der Waals surface area contributed by atoms with Crippen LogP contribution in [-0.2, 0) is 20.8 Å². The van der Waals surface area contributed by atoms with Crippen LogP contribution in [0.1, 0.15) is 5.56 Å². The highest BCUT2D eigenvalue weighted by Gasteiger charge is 2.23. The summed E-state index contributed by atoms with van der Waals surface area (Å²) in [5.41, 5.74) is 2.03. The molecule has 2 aromatic heterocycles. The summed E-state index contributed by atoms with van der Waals surface area (Å²) in [6.45, 7) is 1.81. The molecule has 0 spiro atoms. The molecule has 128 valence electrons. The summed E-state index contributed by atoms with van der Waals surface area (Å²) in [4.78, 5) is 16.6. The molecule has 3 aromatic rings. The van der Waals surface area contributed by atoms with E-state index in [4.69, 9.17) is 9.47 Å². The zero-order chi connectivity index (χ0) is 17.1. The number of pyridine rings is 1. The topological polar surface area (TPSA) is 78.3 Å². The Balaban J connectivity index is 1.46. The first-order valence-corrected chi connectivity index (χ1v) is 8.16. The van der Waals surface area contributed by atoms with Crippen LogP contribution in [0.25, 0.3) is 10.9 Å². The van der Waals surface area contributed by atoms with Gasteiger partial charge in [0.25, 0.3) is 5.91 Å². The van der Waals surface area contributed by atoms with Gasteiger partial charge >= 0.3 is 0 Å². The van der Waals surface area contributed by atoms with Crippen molar-refractivity contribution in [3.05, 3.63) is 54.4 Å². The first-order valence-electron chi connectivity index (χ1n) is 8.16. The minimum atomic E-state index is -0.582. The number of nitrogens with one attached hydrogen (secondary N) is 1. The highest BCUT2D eigenvalue weighted by atomic mass is 16.6. The normalized spacial score (nSPS) is 17.5. The number of rotatable bonds is 4. The lowest BCUT2D eigenvalue weighted by Crippen LogP contribution is -2.39. The molecule has 1 saturated heterocycles. The Labute approximate surface area is 144 Å². The largest absolute Gasteiger partial charge is 0.376 e. The highest BCUT2D eigenvalue weighted by Crippen LogP contribution is 2.17. The predicted molar refractivity (Wildman–Crippen MR) is 92.3 cm³/mol. The van der Waals surface area contributed by atoms with Gasteiger partial charge in [-0.05, 0) is 11.6 Å². The van der Waals surface area contributed by atoms with Crippen LogP contribution in [0.5, 0.6) is 0 Å². The Morgan fingerprint density at radius 3 is 3.04 bits per heavy atom. The Hall–Kier alpha value is -2.77. The number of hydrogen-bond acceptors (Lipinski definition) is 5. The van der Waals surface area contributed by atoms with Crippen LogP contribution in [-0.4, -0.2) is 46.6 Å². The van der Waals surface area contributed by atoms with E-state index in [1.165, 1.54) is 0 Å². The summed E-state index contributed by atoms with van der Waals surface area (Å²) in [5.74, 6) is 0.254. The molecule has 7 nitrogen and oxygen atoms in total. The van der Waals surface area contributed by atoms with Crippen LogP contribution < -0.4 is 5.32 Å². The summed E-state index contributed by atoms with van der Waals surface area (Å²) in [5, 5.41) is 8.26. The number of anilines is 1. The number of hydrogen-bond donors (Lipinski definition) is 1. The molecule has 0 aliphatic carbocycles. The standard InChI is InChI=1S/C18H18N4O3/c23-18(15-12-24-9-10-25-15)20-16-6-8-22(21-16)11-14-4-1-3-13-5-2-7-19-17(13)14/h1-8,15H,9-12H2,(H,20,21,23)/t15-/m1/s1. The highest BCUT2D eigenvalue weighted by molar-refractivity contribution is 5.93. The zero-order valence-corrected chi connectivity index (χ0v) is 13.6. The smallest absolute Gasteiger partial charge is 0.257 e. The summed E-state index contributed by atoms with van der Waals surface area (Å²) < 4.78 is 12.4. The number of carbonyl (C=O) groups is 1. The Morgan fingerprint density at radius 2 is 2.16 bits per heavy atom. The van der Waals surface area contributed by atoms with Crippen molar-refractivity contribution >= 4 is 22.6 Å². The number of fused-ring (bicyclic) bond motifs is 1. The molecule has 25 heavy (non-hydrogen) atoms. The second-order valence-corrected chi connectivity index (χ2v) is 5.81. The van der Waals surface area contributed by atoms with Gasteiger partial charge in [-0.3, -0.25) is 14.5 Å². The van der Waals surface area contributed by atoms with Gasteiger partial charge in [-0.1, -0.05) is 24.3 Å². The van der Waals surface area contributed by atoms with Crippen LogP contribution >= 0.6 is 0 Å². The van der Waals surface area contributed by atoms with Gasteiger partial charge in [0.15, 0.2) is 11.9 Å². The molecule has 1 aliphatic rings. The van der Waals surface area contributed by atoms with Crippen molar-refractivity contribution in [1.82, 2.24) is 14.8 Å². The van der Waals surface area contributed by atoms with Gasteiger partial charge in [0.1, 0.15) is 0 Å². The molecule has 1 amide bonds. The third-order valence-corrected chi connectivity index (χ3v) is 4.05. The maximum absolute atomic E-state index is 12.1. The monoisotopic (exact) mass is 338 g/mol. The van der Waals surface area contributed by atoms with E-state index in [2.05, 4.69) is 15.4 Å². The van der Waals surface area contributed by atoms with Gasteiger partial charge in [-0.25, -0.2) is 0 Å². The van der Waals surface area contributed by atoms with E-state index in [9.17, 15) is 4.79 Å². The van der Waals surface area contributed by atoms with E-state index in [0.29, 0.717) is 25.6 Å². The molecule has 1 aliphatic heterocycles. The van der Waals surface area contributed by atoms with Gasteiger partial charge in [0.05, 0.1) is 31.9 Å². The molecular weight excluding hydrogens is 320 g/mol. The van der Waals surface area contributed by atoms with Gasteiger partial charge in [0, 0.05) is 23.8 Å². The van der Waals surface area contributed by atoms with E-state index in [-0.39, 0.29) is 12.5 Å². The molecule has 4 rings (SSSR count). The quantitative estimate of drug-likeness (QED) is 0.785. The molecule has 1 fully saturated rings. The van der Waals surface area contributed by atoms with Crippen LogP contribution in [0.15, 0.2) is 48.8 Å². The molecule has 0 bridgehead atoms. The number of aromatic nitrogens is 3. The second-order valence-electron chi connectivity index (χ2n) is 5.81. The fourth-order valence-electron chi connectivity index (χ4n) is 2.83. The van der Waals surface area contributed by atoms with Crippen molar-refractivity contribution in [2.75, 3.05) is 25.1 Å². The third kappa shape index (κ3) is 3.52. The first kappa shape index (κ1) is 15.7.